The molecule has 2 aliphatic heterocycles. The molecule has 0 radical (unpaired) electrons. The first kappa shape index (κ1) is 43.0. The molecule has 0 spiro atoms. The van der Waals surface area contributed by atoms with Gasteiger partial charge in [0.05, 0.1) is 12.2 Å². The zero-order valence-electron chi connectivity index (χ0n) is 40.3. The van der Waals surface area contributed by atoms with E-state index in [-0.39, 0.29) is 0 Å². The van der Waals surface area contributed by atoms with Crippen LogP contribution in [0.2, 0.25) is 0 Å². The third kappa shape index (κ3) is 8.62. The van der Waals surface area contributed by atoms with E-state index in [4.69, 9.17) is 4.74 Å². The molecule has 13 unspecified atom stereocenters. The third-order valence-electron chi connectivity index (χ3n) is 22.1. The van der Waals surface area contributed by atoms with Crippen molar-refractivity contribution in [1.29, 1.82) is 0 Å². The highest BCUT2D eigenvalue weighted by atomic mass is 16.5. The molecule has 0 aromatic heterocycles. The summed E-state index contributed by atoms with van der Waals surface area (Å²) in [5, 5.41) is 0. The Kier molecular flexibility index (Phi) is 13.2. The Morgan fingerprint density at radius 1 is 0.476 bits per heavy atom. The van der Waals surface area contributed by atoms with Gasteiger partial charge >= 0.3 is 0 Å². The number of hydrogen-bond acceptors (Lipinski definition) is 3. The quantitative estimate of drug-likeness (QED) is 0.226. The minimum absolute atomic E-state index is 0.562. The summed E-state index contributed by atoms with van der Waals surface area (Å²) < 4.78 is 7.08. The zero-order valence-corrected chi connectivity index (χ0v) is 40.3. The summed E-state index contributed by atoms with van der Waals surface area (Å²) >= 11 is 0. The lowest BCUT2D eigenvalue weighted by Crippen LogP contribution is -2.51. The van der Waals surface area contributed by atoms with E-state index in [9.17, 15) is 0 Å². The maximum atomic E-state index is 7.08. The van der Waals surface area contributed by atoms with E-state index in [0.717, 1.165) is 83.3 Å². The number of allylic oxidation sites excluding steroid dienone is 6. The van der Waals surface area contributed by atoms with E-state index >= 15 is 0 Å². The molecular weight excluding hydrogens is 765 g/mol. The van der Waals surface area contributed by atoms with Crippen molar-refractivity contribution < 1.29 is 4.74 Å². The van der Waals surface area contributed by atoms with Gasteiger partial charge in [-0.2, -0.15) is 0 Å². The van der Waals surface area contributed by atoms with Crippen molar-refractivity contribution in [2.24, 2.45) is 59.2 Å². The Labute approximate surface area is 386 Å². The Morgan fingerprint density at radius 3 is 1.97 bits per heavy atom. The summed E-state index contributed by atoms with van der Waals surface area (Å²) in [6.45, 7) is 0. The second-order valence-electron chi connectivity index (χ2n) is 25.0. The summed E-state index contributed by atoms with van der Waals surface area (Å²) in [6.07, 6.45) is 65.9. The number of rotatable bonds is 8. The molecule has 2 saturated heterocycles. The summed E-state index contributed by atoms with van der Waals surface area (Å²) in [4.78, 5) is 6.36. The van der Waals surface area contributed by atoms with Gasteiger partial charge in [-0.25, -0.2) is 0 Å². The molecule has 348 valence electrons. The van der Waals surface area contributed by atoms with E-state index in [1.807, 2.05) is 16.8 Å². The molecule has 12 aliphatic rings. The largest absolute Gasteiger partial charge is 0.374 e. The highest BCUT2D eigenvalue weighted by Crippen LogP contribution is 2.54. The van der Waals surface area contributed by atoms with Crippen LogP contribution >= 0.6 is 0 Å². The molecule has 8 fully saturated rings. The minimum Gasteiger partial charge on any atom is -0.374 e. The summed E-state index contributed by atoms with van der Waals surface area (Å²) in [5.74, 6) is 8.87. The van der Waals surface area contributed by atoms with Gasteiger partial charge in [-0.1, -0.05) is 106 Å². The van der Waals surface area contributed by atoms with Crippen LogP contribution in [0.1, 0.15) is 225 Å². The maximum Gasteiger partial charge on any atom is 0.0644 e. The van der Waals surface area contributed by atoms with Crippen LogP contribution in [-0.4, -0.2) is 52.2 Å². The van der Waals surface area contributed by atoms with Gasteiger partial charge in [0.1, 0.15) is 0 Å². The molecule has 12 rings (SSSR count). The van der Waals surface area contributed by atoms with Gasteiger partial charge in [0.25, 0.3) is 0 Å². The van der Waals surface area contributed by atoms with Crippen LogP contribution in [0.4, 0.5) is 0 Å². The molecule has 2 heterocycles. The number of ether oxygens (including phenoxy) is 1. The Hall–Kier alpha value is -1.32. The van der Waals surface area contributed by atoms with Crippen molar-refractivity contribution >= 4 is 0 Å². The van der Waals surface area contributed by atoms with Crippen molar-refractivity contribution in [3.05, 3.63) is 47.2 Å². The van der Waals surface area contributed by atoms with E-state index < -0.39 is 0 Å². The summed E-state index contributed by atoms with van der Waals surface area (Å²) in [5.41, 5.74) is 5.60. The van der Waals surface area contributed by atoms with Crippen molar-refractivity contribution in [3.63, 3.8) is 0 Å². The predicted molar refractivity (Wildman–Crippen MR) is 261 cm³/mol. The maximum absolute atomic E-state index is 7.08. The van der Waals surface area contributed by atoms with Gasteiger partial charge < -0.3 is 9.64 Å². The van der Waals surface area contributed by atoms with Gasteiger partial charge in [-0.3, -0.25) is 4.90 Å². The van der Waals surface area contributed by atoms with Gasteiger partial charge in [0.15, 0.2) is 0 Å². The van der Waals surface area contributed by atoms with E-state index in [1.165, 1.54) is 225 Å². The first-order chi connectivity index (χ1) is 31.2. The van der Waals surface area contributed by atoms with Crippen LogP contribution < -0.4 is 0 Å². The molecule has 3 nitrogen and oxygen atoms in total. The summed E-state index contributed by atoms with van der Waals surface area (Å²) in [7, 11) is 0. The molecule has 0 aromatic carbocycles. The standard InChI is InChI=1S/C60H92N2O/c1-2-13-41(14-3-1)45-15-10-16-46(39-45)42-27-33-48(34-28-42)61(50-37-31-44(32-38-50)52-22-12-23-56-55-21-6-9-26-59(55)63-60(52)56)49-35-29-43(30-36-49)47-17-11-18-51(40-47)62-57-24-7-4-19-53(57)54-20-5-8-25-58(54)62/h18,29,31,37,39,41-42,44-45,47-50,52-60H,1-17,19-28,30,32-36,38,40H2/t42?,44-,45?,47?,48?,49?,50?,52?,53?,54?,55?,56?,57?,58?,59?,60?/m1/s1. The van der Waals surface area contributed by atoms with E-state index in [0.29, 0.717) is 18.2 Å². The second-order valence-corrected chi connectivity index (χ2v) is 25.0. The molecule has 14 atom stereocenters. The zero-order chi connectivity index (χ0) is 41.7. The lowest BCUT2D eigenvalue weighted by atomic mass is 9.66. The van der Waals surface area contributed by atoms with Crippen LogP contribution in [0.15, 0.2) is 47.2 Å². The van der Waals surface area contributed by atoms with Crippen LogP contribution in [0.25, 0.3) is 0 Å². The highest BCUT2D eigenvalue weighted by molar-refractivity contribution is 5.23. The third-order valence-corrected chi connectivity index (χ3v) is 22.1. The highest BCUT2D eigenvalue weighted by Gasteiger charge is 2.52. The van der Waals surface area contributed by atoms with Crippen LogP contribution in [0.3, 0.4) is 0 Å². The molecule has 0 N–H and O–H groups in total. The van der Waals surface area contributed by atoms with Crippen LogP contribution in [-0.2, 0) is 4.74 Å². The number of nitrogens with zero attached hydrogens (tertiary/aromatic N) is 2. The Bertz CT molecular complexity index is 1650. The Morgan fingerprint density at radius 2 is 1.21 bits per heavy atom. The molecule has 0 amide bonds. The minimum atomic E-state index is 0.562. The Balaban J connectivity index is 0.743. The number of likely N-dealkylation sites (tertiary alicyclic amines) is 1. The number of fused-ring (bicyclic) bond motifs is 6. The van der Waals surface area contributed by atoms with Gasteiger partial charge in [0.2, 0.25) is 0 Å². The average molecular weight is 857 g/mol. The number of hydrogen-bond donors (Lipinski definition) is 0. The summed E-state index contributed by atoms with van der Waals surface area (Å²) in [6, 6.07) is 3.89. The molecule has 63 heavy (non-hydrogen) atoms. The molecular formula is C60H92N2O. The van der Waals surface area contributed by atoms with Gasteiger partial charge in [-0.05, 0) is 220 Å². The van der Waals surface area contributed by atoms with Crippen molar-refractivity contribution in [2.75, 3.05) is 0 Å². The lowest BCUT2D eigenvalue weighted by Gasteiger charge is -2.48. The van der Waals surface area contributed by atoms with Crippen LogP contribution in [0, 0.1) is 59.2 Å². The molecule has 3 heteroatoms. The fourth-order valence-corrected chi connectivity index (χ4v) is 19.2. The monoisotopic (exact) mass is 857 g/mol. The molecule has 6 saturated carbocycles. The first-order valence-electron chi connectivity index (χ1n) is 29.2. The topological polar surface area (TPSA) is 15.7 Å². The molecule has 10 aliphatic carbocycles. The van der Waals surface area contributed by atoms with Gasteiger partial charge in [-0.15, -0.1) is 0 Å². The van der Waals surface area contributed by atoms with Crippen molar-refractivity contribution in [1.82, 2.24) is 9.80 Å². The SMILES string of the molecule is C1=C[C@@H](C2CCCC3C4CCCCC4OC32)CCC1N(C1CC=C(C2CCC=C(N3C4CCCCC4C4CCCCC43)C2)CC1)C1CCC(C2=CC(C3CCCCC3)CCC2)CC1. The van der Waals surface area contributed by atoms with E-state index in [1.54, 1.807) is 0 Å². The smallest absolute Gasteiger partial charge is 0.0644 e. The second kappa shape index (κ2) is 19.4. The van der Waals surface area contributed by atoms with Crippen molar-refractivity contribution in [3.8, 4) is 0 Å². The average Bonchev–Trinajstić information content (AvgIpc) is 3.91. The molecule has 0 aromatic rings. The van der Waals surface area contributed by atoms with E-state index in [2.05, 4.69) is 40.2 Å². The first-order valence-corrected chi connectivity index (χ1v) is 29.2. The normalized spacial score (nSPS) is 46.0. The lowest BCUT2D eigenvalue weighted by molar-refractivity contribution is -0.0393. The van der Waals surface area contributed by atoms with Gasteiger partial charge in [0, 0.05) is 35.9 Å². The van der Waals surface area contributed by atoms with Crippen LogP contribution in [0.5, 0.6) is 0 Å². The fraction of sp³-hybridized carbons (Fsp3) is 0.867. The fourth-order valence-electron chi connectivity index (χ4n) is 19.2. The molecule has 0 bridgehead atoms. The predicted octanol–water partition coefficient (Wildman–Crippen LogP) is 15.5. The van der Waals surface area contributed by atoms with Crippen molar-refractivity contribution in [2.45, 2.75) is 267 Å².